The zero-order chi connectivity index (χ0) is 14.8. The Morgan fingerprint density at radius 1 is 1.40 bits per heavy atom. The molecule has 1 aliphatic rings. The number of piperidine rings is 1. The molecule has 1 atom stereocenters. The molecule has 1 aromatic rings. The van der Waals surface area contributed by atoms with Crippen LogP contribution < -0.4 is 0 Å². The third-order valence-electron chi connectivity index (χ3n) is 3.59. The molecule has 110 valence electrons. The first-order chi connectivity index (χ1) is 9.48. The maximum absolute atomic E-state index is 12.6. The van der Waals surface area contributed by atoms with Gasteiger partial charge >= 0.3 is 0 Å². The number of halogens is 1. The van der Waals surface area contributed by atoms with Crippen LogP contribution >= 0.6 is 15.9 Å². The molecular formula is C13H17BrN2O3S. The van der Waals surface area contributed by atoms with Crippen molar-refractivity contribution < 1.29 is 13.6 Å². The Kier molecular flexibility index (Phi) is 4.82. The summed E-state index contributed by atoms with van der Waals surface area (Å²) in [4.78, 5) is 0.292. The highest BCUT2D eigenvalue weighted by molar-refractivity contribution is 9.10. The van der Waals surface area contributed by atoms with Gasteiger partial charge in [0.2, 0.25) is 10.0 Å². The van der Waals surface area contributed by atoms with Crippen molar-refractivity contribution in [3.05, 3.63) is 28.7 Å². The quantitative estimate of drug-likeness (QED) is 0.665. The van der Waals surface area contributed by atoms with E-state index in [9.17, 15) is 8.42 Å². The number of hydrogen-bond acceptors (Lipinski definition) is 4. The molecule has 0 saturated carbocycles. The Morgan fingerprint density at radius 2 is 2.05 bits per heavy atom. The predicted molar refractivity (Wildman–Crippen MR) is 80.5 cm³/mol. The van der Waals surface area contributed by atoms with E-state index in [2.05, 4.69) is 21.1 Å². The Labute approximate surface area is 127 Å². The van der Waals surface area contributed by atoms with Crippen molar-refractivity contribution in [1.29, 1.82) is 0 Å². The van der Waals surface area contributed by atoms with E-state index in [1.807, 2.05) is 6.92 Å². The SMILES string of the molecule is CCC1CN(S(=O)(=O)c2ccc(Br)cc2)CC/C1=N\O. The summed E-state index contributed by atoms with van der Waals surface area (Å²) in [6, 6.07) is 6.62. The van der Waals surface area contributed by atoms with Gasteiger partial charge in [-0.25, -0.2) is 8.42 Å². The second kappa shape index (κ2) is 6.24. The molecule has 1 aliphatic heterocycles. The van der Waals surface area contributed by atoms with Crippen LogP contribution in [-0.2, 0) is 10.0 Å². The summed E-state index contributed by atoms with van der Waals surface area (Å²) in [7, 11) is -3.48. The first-order valence-electron chi connectivity index (χ1n) is 6.45. The maximum Gasteiger partial charge on any atom is 0.243 e. The monoisotopic (exact) mass is 360 g/mol. The van der Waals surface area contributed by atoms with Crippen LogP contribution in [0.15, 0.2) is 38.8 Å². The first kappa shape index (κ1) is 15.5. The lowest BCUT2D eigenvalue weighted by molar-refractivity contribution is 0.295. The highest BCUT2D eigenvalue weighted by Crippen LogP contribution is 2.25. The molecule has 0 aliphatic carbocycles. The Morgan fingerprint density at radius 3 is 2.60 bits per heavy atom. The zero-order valence-electron chi connectivity index (χ0n) is 11.2. The van der Waals surface area contributed by atoms with E-state index in [1.54, 1.807) is 24.3 Å². The number of rotatable bonds is 3. The lowest BCUT2D eigenvalue weighted by Gasteiger charge is -2.31. The molecule has 1 aromatic carbocycles. The van der Waals surface area contributed by atoms with Crippen molar-refractivity contribution >= 4 is 31.7 Å². The molecule has 0 aromatic heterocycles. The van der Waals surface area contributed by atoms with E-state index in [0.29, 0.717) is 30.1 Å². The van der Waals surface area contributed by atoms with E-state index in [1.165, 1.54) is 4.31 Å². The van der Waals surface area contributed by atoms with E-state index in [-0.39, 0.29) is 5.92 Å². The minimum atomic E-state index is -3.48. The van der Waals surface area contributed by atoms with Crippen molar-refractivity contribution in [3.63, 3.8) is 0 Å². The summed E-state index contributed by atoms with van der Waals surface area (Å²) in [5, 5.41) is 12.2. The van der Waals surface area contributed by atoms with Crippen molar-refractivity contribution in [2.75, 3.05) is 13.1 Å². The fourth-order valence-electron chi connectivity index (χ4n) is 2.36. The fourth-order valence-corrected chi connectivity index (χ4v) is 4.11. The first-order valence-corrected chi connectivity index (χ1v) is 8.69. The van der Waals surface area contributed by atoms with Crippen LogP contribution in [-0.4, -0.2) is 36.7 Å². The second-order valence-corrected chi connectivity index (χ2v) is 7.62. The van der Waals surface area contributed by atoms with Crippen LogP contribution in [0.5, 0.6) is 0 Å². The van der Waals surface area contributed by atoms with Crippen LogP contribution in [0.1, 0.15) is 19.8 Å². The normalized spacial score (nSPS) is 23.1. The summed E-state index contributed by atoms with van der Waals surface area (Å²) in [6.45, 7) is 2.69. The van der Waals surface area contributed by atoms with E-state index < -0.39 is 10.0 Å². The van der Waals surface area contributed by atoms with Gasteiger partial charge in [0.1, 0.15) is 0 Å². The largest absolute Gasteiger partial charge is 0.411 e. The van der Waals surface area contributed by atoms with Gasteiger partial charge in [-0.15, -0.1) is 0 Å². The minimum Gasteiger partial charge on any atom is -0.411 e. The van der Waals surface area contributed by atoms with Crippen molar-refractivity contribution in [2.24, 2.45) is 11.1 Å². The van der Waals surface area contributed by atoms with E-state index in [4.69, 9.17) is 5.21 Å². The molecular weight excluding hydrogens is 344 g/mol. The van der Waals surface area contributed by atoms with E-state index in [0.717, 1.165) is 10.9 Å². The lowest BCUT2D eigenvalue weighted by atomic mass is 9.95. The van der Waals surface area contributed by atoms with Crippen LogP contribution in [0, 0.1) is 5.92 Å². The topological polar surface area (TPSA) is 70.0 Å². The molecule has 5 nitrogen and oxygen atoms in total. The van der Waals surface area contributed by atoms with Gasteiger partial charge < -0.3 is 5.21 Å². The second-order valence-electron chi connectivity index (χ2n) is 4.76. The number of sulfonamides is 1. The highest BCUT2D eigenvalue weighted by Gasteiger charge is 2.32. The molecule has 2 rings (SSSR count). The van der Waals surface area contributed by atoms with Gasteiger partial charge in [0.05, 0.1) is 10.6 Å². The fraction of sp³-hybridized carbons (Fsp3) is 0.462. The van der Waals surface area contributed by atoms with E-state index >= 15 is 0 Å². The molecule has 1 N–H and O–H groups in total. The molecule has 1 heterocycles. The third-order valence-corrected chi connectivity index (χ3v) is 5.99. The van der Waals surface area contributed by atoms with Gasteiger partial charge in [-0.3, -0.25) is 0 Å². The Hall–Kier alpha value is -0.920. The molecule has 0 bridgehead atoms. The van der Waals surface area contributed by atoms with Gasteiger partial charge in [-0.05, 0) is 30.7 Å². The van der Waals surface area contributed by atoms with Crippen molar-refractivity contribution in [1.82, 2.24) is 4.31 Å². The van der Waals surface area contributed by atoms with Crippen molar-refractivity contribution in [2.45, 2.75) is 24.7 Å². The highest BCUT2D eigenvalue weighted by atomic mass is 79.9. The molecule has 1 unspecified atom stereocenters. The number of oxime groups is 1. The van der Waals surface area contributed by atoms with Crippen molar-refractivity contribution in [3.8, 4) is 0 Å². The summed E-state index contributed by atoms with van der Waals surface area (Å²) in [6.07, 6.45) is 1.23. The number of hydrogen-bond donors (Lipinski definition) is 1. The average Bonchev–Trinajstić information content (AvgIpc) is 2.46. The van der Waals surface area contributed by atoms with Crippen LogP contribution in [0.3, 0.4) is 0 Å². The molecule has 20 heavy (non-hydrogen) atoms. The molecule has 0 amide bonds. The Bertz CT molecular complexity index is 599. The average molecular weight is 361 g/mol. The molecule has 1 fully saturated rings. The Balaban J connectivity index is 2.25. The summed E-state index contributed by atoms with van der Waals surface area (Å²) in [5.74, 6) is -0.0148. The predicted octanol–water partition coefficient (Wildman–Crippen LogP) is 2.70. The number of nitrogens with zero attached hydrogens (tertiary/aromatic N) is 2. The van der Waals surface area contributed by atoms with Crippen LogP contribution in [0.2, 0.25) is 0 Å². The molecule has 0 spiro atoms. The van der Waals surface area contributed by atoms with Gasteiger partial charge in [0, 0.05) is 29.9 Å². The van der Waals surface area contributed by atoms with Crippen LogP contribution in [0.25, 0.3) is 0 Å². The smallest absolute Gasteiger partial charge is 0.243 e. The third kappa shape index (κ3) is 3.05. The number of benzene rings is 1. The summed E-state index contributed by atoms with van der Waals surface area (Å²) in [5.41, 5.74) is 0.690. The minimum absolute atomic E-state index is 0.0148. The lowest BCUT2D eigenvalue weighted by Crippen LogP contribution is -2.43. The van der Waals surface area contributed by atoms with Crippen LogP contribution in [0.4, 0.5) is 0 Å². The van der Waals surface area contributed by atoms with Gasteiger partial charge in [-0.2, -0.15) is 4.31 Å². The summed E-state index contributed by atoms with van der Waals surface area (Å²) >= 11 is 3.29. The van der Waals surface area contributed by atoms with Gasteiger partial charge in [-0.1, -0.05) is 28.0 Å². The summed E-state index contributed by atoms with van der Waals surface area (Å²) < 4.78 is 27.4. The maximum atomic E-state index is 12.6. The zero-order valence-corrected chi connectivity index (χ0v) is 13.6. The molecule has 0 radical (unpaired) electrons. The molecule has 7 heteroatoms. The standard InChI is InChI=1S/C13H17BrN2O3S/c1-2-10-9-16(8-7-13(10)15-17)20(18,19)12-5-3-11(14)4-6-12/h3-6,10,17H,2,7-9H2,1H3/b15-13+. The van der Waals surface area contributed by atoms with Gasteiger partial charge in [0.15, 0.2) is 0 Å². The van der Waals surface area contributed by atoms with Gasteiger partial charge in [0.25, 0.3) is 0 Å². The molecule has 1 saturated heterocycles.